The summed E-state index contributed by atoms with van der Waals surface area (Å²) in [6.45, 7) is 12.0. The molecule has 2 nitrogen and oxygen atoms in total. The molecule has 0 bridgehead atoms. The SMILES string of the molecule is [CH2]c1ccccc1-c1csc([C@H](C)N[S+]([O-])C(C)(C)C)c1. The molecule has 4 heteroatoms. The van der Waals surface area contributed by atoms with Crippen LogP contribution in [0.3, 0.4) is 0 Å². The number of thiophene rings is 1. The standard InChI is InChI=1S/C17H22NOS2/c1-12-8-6-7-9-15(12)14-10-16(20-11-14)13(2)18-21(19)17(3,4)5/h6-11,13,18H,1H2,2-5H3/t13-,21?/m0/s1. The van der Waals surface area contributed by atoms with Crippen molar-refractivity contribution in [3.05, 3.63) is 53.1 Å². The summed E-state index contributed by atoms with van der Waals surface area (Å²) in [5, 5.41) is 2.14. The summed E-state index contributed by atoms with van der Waals surface area (Å²) in [7, 11) is 0. The van der Waals surface area contributed by atoms with Gasteiger partial charge < -0.3 is 4.55 Å². The molecule has 0 fully saturated rings. The second-order valence-electron chi connectivity index (χ2n) is 6.12. The number of hydrogen-bond acceptors (Lipinski definition) is 3. The molecular weight excluding hydrogens is 298 g/mol. The van der Waals surface area contributed by atoms with Gasteiger partial charge in [0.2, 0.25) is 0 Å². The van der Waals surface area contributed by atoms with Gasteiger partial charge in [0.25, 0.3) is 0 Å². The van der Waals surface area contributed by atoms with Crippen LogP contribution in [0.15, 0.2) is 35.7 Å². The Morgan fingerprint density at radius 3 is 2.57 bits per heavy atom. The van der Waals surface area contributed by atoms with Crippen molar-refractivity contribution in [2.75, 3.05) is 0 Å². The molecule has 0 saturated heterocycles. The fourth-order valence-corrected chi connectivity index (χ4v) is 3.71. The van der Waals surface area contributed by atoms with Crippen LogP contribution in [-0.2, 0) is 11.4 Å². The molecule has 0 spiro atoms. The highest BCUT2D eigenvalue weighted by Crippen LogP contribution is 2.31. The molecule has 0 saturated carbocycles. The summed E-state index contributed by atoms with van der Waals surface area (Å²) in [5.41, 5.74) is 3.36. The minimum atomic E-state index is -1.06. The zero-order valence-corrected chi connectivity index (χ0v) is 14.6. The molecule has 2 aromatic rings. The van der Waals surface area contributed by atoms with E-state index in [4.69, 9.17) is 0 Å². The lowest BCUT2D eigenvalue weighted by Gasteiger charge is -2.26. The first-order valence-corrected chi connectivity index (χ1v) is 9.00. The first-order valence-electron chi connectivity index (χ1n) is 6.97. The van der Waals surface area contributed by atoms with Crippen LogP contribution in [0.4, 0.5) is 0 Å². The predicted octanol–water partition coefficient (Wildman–Crippen LogP) is 4.71. The Labute approximate surface area is 134 Å². The van der Waals surface area contributed by atoms with E-state index in [1.165, 1.54) is 10.4 Å². The summed E-state index contributed by atoms with van der Waals surface area (Å²) in [5.74, 6) is 0. The summed E-state index contributed by atoms with van der Waals surface area (Å²) >= 11 is 0.626. The minimum absolute atomic E-state index is 0.0702. The van der Waals surface area contributed by atoms with E-state index < -0.39 is 11.4 Å². The first-order chi connectivity index (χ1) is 9.79. The predicted molar refractivity (Wildman–Crippen MR) is 93.7 cm³/mol. The Kier molecular flexibility index (Phi) is 5.15. The Morgan fingerprint density at radius 1 is 1.29 bits per heavy atom. The first kappa shape index (κ1) is 16.6. The smallest absolute Gasteiger partial charge is 0.136 e. The van der Waals surface area contributed by atoms with Gasteiger partial charge >= 0.3 is 0 Å². The van der Waals surface area contributed by atoms with Crippen LogP contribution in [0.1, 0.15) is 44.2 Å². The van der Waals surface area contributed by atoms with Crippen molar-refractivity contribution in [1.82, 2.24) is 4.72 Å². The molecule has 0 aliphatic carbocycles. The molecule has 113 valence electrons. The molecule has 21 heavy (non-hydrogen) atoms. The topological polar surface area (TPSA) is 35.1 Å². The van der Waals surface area contributed by atoms with Crippen LogP contribution >= 0.6 is 11.3 Å². The number of nitrogens with one attached hydrogen (secondary N) is 1. The van der Waals surface area contributed by atoms with E-state index in [1.807, 2.05) is 39.0 Å². The average molecular weight is 321 g/mol. The fraction of sp³-hybridized carbons (Fsp3) is 0.353. The summed E-state index contributed by atoms with van der Waals surface area (Å²) in [6.07, 6.45) is 0. The van der Waals surface area contributed by atoms with Crippen molar-refractivity contribution in [3.63, 3.8) is 0 Å². The van der Waals surface area contributed by atoms with E-state index in [0.717, 1.165) is 11.1 Å². The van der Waals surface area contributed by atoms with Crippen LogP contribution in [0, 0.1) is 6.92 Å². The molecular formula is C17H22NOS2. The number of hydrogen-bond donors (Lipinski definition) is 1. The number of benzene rings is 1. The second-order valence-corrected chi connectivity index (χ2v) is 9.06. The van der Waals surface area contributed by atoms with E-state index in [0.29, 0.717) is 0 Å². The molecule has 1 N–H and O–H groups in total. The largest absolute Gasteiger partial charge is 0.598 e. The van der Waals surface area contributed by atoms with Crippen LogP contribution in [0.2, 0.25) is 0 Å². The van der Waals surface area contributed by atoms with Crippen LogP contribution in [0.25, 0.3) is 11.1 Å². The molecule has 0 amide bonds. The van der Waals surface area contributed by atoms with Gasteiger partial charge in [0.15, 0.2) is 0 Å². The van der Waals surface area contributed by atoms with Gasteiger partial charge in [0.1, 0.15) is 4.75 Å². The second kappa shape index (κ2) is 6.53. The number of rotatable bonds is 4. The minimum Gasteiger partial charge on any atom is -0.598 e. The summed E-state index contributed by atoms with van der Waals surface area (Å²) < 4.78 is 15.1. The molecule has 1 unspecified atom stereocenters. The maximum absolute atomic E-state index is 12.2. The Balaban J connectivity index is 2.15. The van der Waals surface area contributed by atoms with Gasteiger partial charge in [-0.1, -0.05) is 24.3 Å². The van der Waals surface area contributed by atoms with E-state index >= 15 is 0 Å². The highest BCUT2D eigenvalue weighted by Gasteiger charge is 2.28. The third-order valence-electron chi connectivity index (χ3n) is 3.21. The fourth-order valence-electron chi connectivity index (χ4n) is 1.92. The average Bonchev–Trinajstić information content (AvgIpc) is 2.87. The molecule has 0 aliphatic rings. The monoisotopic (exact) mass is 320 g/mol. The lowest BCUT2D eigenvalue weighted by Crippen LogP contribution is -2.40. The van der Waals surface area contributed by atoms with Gasteiger partial charge in [-0.2, -0.15) is 0 Å². The normalized spacial score (nSPS) is 15.0. The summed E-state index contributed by atoms with van der Waals surface area (Å²) in [6, 6.07) is 10.4. The van der Waals surface area contributed by atoms with Gasteiger partial charge in [-0.05, 0) is 62.8 Å². The van der Waals surface area contributed by atoms with E-state index in [9.17, 15) is 4.55 Å². The van der Waals surface area contributed by atoms with Crippen molar-refractivity contribution in [3.8, 4) is 11.1 Å². The van der Waals surface area contributed by atoms with E-state index in [-0.39, 0.29) is 10.8 Å². The molecule has 2 rings (SSSR count). The van der Waals surface area contributed by atoms with Crippen molar-refractivity contribution >= 4 is 22.7 Å². The van der Waals surface area contributed by atoms with Gasteiger partial charge in [0.05, 0.1) is 6.04 Å². The molecule has 1 heterocycles. The third-order valence-corrected chi connectivity index (χ3v) is 6.01. The van der Waals surface area contributed by atoms with Crippen LogP contribution < -0.4 is 4.72 Å². The maximum Gasteiger partial charge on any atom is 0.136 e. The zero-order chi connectivity index (χ0) is 15.6. The van der Waals surface area contributed by atoms with E-state index in [2.05, 4.69) is 36.1 Å². The highest BCUT2D eigenvalue weighted by atomic mass is 32.2. The van der Waals surface area contributed by atoms with Gasteiger partial charge in [0, 0.05) is 16.2 Å². The zero-order valence-electron chi connectivity index (χ0n) is 13.0. The lowest BCUT2D eigenvalue weighted by atomic mass is 10.0. The summed E-state index contributed by atoms with van der Waals surface area (Å²) in [4.78, 5) is 1.19. The molecule has 1 aromatic carbocycles. The van der Waals surface area contributed by atoms with Crippen LogP contribution in [-0.4, -0.2) is 9.30 Å². The third kappa shape index (κ3) is 4.10. The van der Waals surface area contributed by atoms with Crippen LogP contribution in [0.5, 0.6) is 0 Å². The van der Waals surface area contributed by atoms with Gasteiger partial charge in [-0.3, -0.25) is 0 Å². The van der Waals surface area contributed by atoms with E-state index in [1.54, 1.807) is 11.3 Å². The Bertz CT molecular complexity index is 601. The Morgan fingerprint density at radius 2 is 1.95 bits per heavy atom. The van der Waals surface area contributed by atoms with Crippen molar-refractivity contribution in [1.29, 1.82) is 0 Å². The highest BCUT2D eigenvalue weighted by molar-refractivity contribution is 7.90. The maximum atomic E-state index is 12.2. The molecule has 0 aliphatic heterocycles. The molecule has 1 aromatic heterocycles. The Hall–Kier alpha value is -0.810. The van der Waals surface area contributed by atoms with Gasteiger partial charge in [-0.25, -0.2) is 0 Å². The van der Waals surface area contributed by atoms with Crippen molar-refractivity contribution in [2.24, 2.45) is 0 Å². The van der Waals surface area contributed by atoms with Gasteiger partial charge in [-0.15, -0.1) is 16.1 Å². The molecule has 2 atom stereocenters. The quantitative estimate of drug-likeness (QED) is 0.828. The van der Waals surface area contributed by atoms with Crippen molar-refractivity contribution in [2.45, 2.75) is 38.5 Å². The molecule has 1 radical (unpaired) electrons. The lowest BCUT2D eigenvalue weighted by molar-refractivity contribution is 0.532. The van der Waals surface area contributed by atoms with Crippen molar-refractivity contribution < 1.29 is 4.55 Å².